The summed E-state index contributed by atoms with van der Waals surface area (Å²) >= 11 is 5.99. The SMILES string of the molecule is Cc1c(CC(=O)NC[C@@H](O)CO)c(=O)oc2cc3occ(-c4ccc(Cl)cc4)c3cc12. The number of aliphatic hydroxyl groups is 2. The molecule has 0 spiro atoms. The number of carbonyl (C=O) groups is 1. The standard InChI is InChI=1S/C23H20ClNO6/c1-12-16-6-18-19(13-2-4-14(24)5-3-13)11-30-20(18)8-21(16)31-23(29)17(12)7-22(28)25-9-15(27)10-26/h2-6,8,11,15,26-27H,7,9-10H2,1H3,(H,25,28)/t15-/m1/s1. The van der Waals surface area contributed by atoms with Crippen LogP contribution in [-0.4, -0.2) is 35.4 Å². The number of halogens is 1. The van der Waals surface area contributed by atoms with Crippen LogP contribution in [0.3, 0.4) is 0 Å². The summed E-state index contributed by atoms with van der Waals surface area (Å²) in [4.78, 5) is 24.7. The predicted molar refractivity (Wildman–Crippen MR) is 117 cm³/mol. The number of carbonyl (C=O) groups excluding carboxylic acids is 1. The Hall–Kier alpha value is -3.13. The lowest BCUT2D eigenvalue weighted by Gasteiger charge is -2.11. The van der Waals surface area contributed by atoms with Gasteiger partial charge >= 0.3 is 5.63 Å². The van der Waals surface area contributed by atoms with E-state index in [1.54, 1.807) is 31.4 Å². The van der Waals surface area contributed by atoms with E-state index in [-0.39, 0.29) is 18.5 Å². The lowest BCUT2D eigenvalue weighted by atomic mass is 9.99. The van der Waals surface area contributed by atoms with Crippen molar-refractivity contribution in [3.8, 4) is 11.1 Å². The van der Waals surface area contributed by atoms with Crippen molar-refractivity contribution in [2.75, 3.05) is 13.2 Å². The summed E-state index contributed by atoms with van der Waals surface area (Å²) in [6.07, 6.45) is 0.385. The van der Waals surface area contributed by atoms with Crippen molar-refractivity contribution in [2.24, 2.45) is 0 Å². The van der Waals surface area contributed by atoms with Crippen LogP contribution in [0.5, 0.6) is 0 Å². The Bertz CT molecular complexity index is 1320. The van der Waals surface area contributed by atoms with Crippen molar-refractivity contribution in [1.29, 1.82) is 0 Å². The Morgan fingerprint density at radius 1 is 1.16 bits per heavy atom. The maximum atomic E-state index is 12.5. The molecule has 0 fully saturated rings. The van der Waals surface area contributed by atoms with Crippen molar-refractivity contribution >= 4 is 39.4 Å². The van der Waals surface area contributed by atoms with Crippen LogP contribution >= 0.6 is 11.6 Å². The minimum absolute atomic E-state index is 0.104. The van der Waals surface area contributed by atoms with Gasteiger partial charge in [0.05, 0.1) is 31.0 Å². The normalized spacial score (nSPS) is 12.4. The van der Waals surface area contributed by atoms with E-state index in [4.69, 9.17) is 25.5 Å². The number of benzene rings is 2. The minimum atomic E-state index is -1.06. The van der Waals surface area contributed by atoms with Gasteiger partial charge < -0.3 is 24.4 Å². The molecule has 2 aromatic carbocycles. The third-order valence-electron chi connectivity index (χ3n) is 5.22. The predicted octanol–water partition coefficient (Wildman–Crippen LogP) is 3.18. The summed E-state index contributed by atoms with van der Waals surface area (Å²) in [5, 5.41) is 22.9. The number of nitrogens with one attached hydrogen (secondary N) is 1. The van der Waals surface area contributed by atoms with E-state index in [1.807, 2.05) is 18.2 Å². The van der Waals surface area contributed by atoms with Crippen LogP contribution in [0.1, 0.15) is 11.1 Å². The van der Waals surface area contributed by atoms with Gasteiger partial charge in [-0.3, -0.25) is 4.79 Å². The number of fused-ring (bicyclic) bond motifs is 2. The Balaban J connectivity index is 1.75. The van der Waals surface area contributed by atoms with Crippen molar-refractivity contribution < 1.29 is 23.8 Å². The molecular weight excluding hydrogens is 422 g/mol. The summed E-state index contributed by atoms with van der Waals surface area (Å²) in [5.74, 6) is -0.450. The fourth-order valence-electron chi connectivity index (χ4n) is 3.49. The van der Waals surface area contributed by atoms with Crippen molar-refractivity contribution in [2.45, 2.75) is 19.4 Å². The molecule has 0 radical (unpaired) electrons. The molecule has 0 unspecified atom stereocenters. The maximum absolute atomic E-state index is 12.5. The summed E-state index contributed by atoms with van der Waals surface area (Å²) in [6.45, 7) is 1.19. The topological polar surface area (TPSA) is 113 Å². The van der Waals surface area contributed by atoms with Crippen molar-refractivity contribution in [3.05, 3.63) is 69.2 Å². The fraction of sp³-hybridized carbons (Fsp3) is 0.217. The van der Waals surface area contributed by atoms with E-state index in [0.29, 0.717) is 27.1 Å². The van der Waals surface area contributed by atoms with E-state index in [0.717, 1.165) is 16.5 Å². The van der Waals surface area contributed by atoms with Crippen LogP contribution in [0.25, 0.3) is 33.1 Å². The first kappa shape index (κ1) is 21.1. The summed E-state index contributed by atoms with van der Waals surface area (Å²) in [5.41, 5.74) is 3.01. The molecule has 31 heavy (non-hydrogen) atoms. The Kier molecular flexibility index (Phi) is 5.82. The van der Waals surface area contributed by atoms with Crippen molar-refractivity contribution in [1.82, 2.24) is 5.32 Å². The molecule has 0 saturated carbocycles. The van der Waals surface area contributed by atoms with Crippen LogP contribution in [0.4, 0.5) is 0 Å². The molecule has 8 heteroatoms. The molecule has 1 atom stereocenters. The van der Waals surface area contributed by atoms with Crippen LogP contribution in [0.15, 0.2) is 56.3 Å². The Morgan fingerprint density at radius 2 is 1.90 bits per heavy atom. The molecule has 2 aromatic heterocycles. The van der Waals surface area contributed by atoms with Gasteiger partial charge in [0.1, 0.15) is 11.2 Å². The molecule has 1 amide bonds. The molecule has 2 heterocycles. The van der Waals surface area contributed by atoms with Gasteiger partial charge in [-0.15, -0.1) is 0 Å². The summed E-state index contributed by atoms with van der Waals surface area (Å²) in [6, 6.07) is 10.9. The van der Waals surface area contributed by atoms with Gasteiger partial charge in [0.25, 0.3) is 0 Å². The Morgan fingerprint density at radius 3 is 2.61 bits per heavy atom. The molecule has 0 saturated heterocycles. The molecule has 0 aliphatic heterocycles. The number of hydrogen-bond donors (Lipinski definition) is 3. The zero-order valence-corrected chi connectivity index (χ0v) is 17.4. The van der Waals surface area contributed by atoms with Crippen LogP contribution in [-0.2, 0) is 11.2 Å². The molecular formula is C23H20ClNO6. The average Bonchev–Trinajstić information content (AvgIpc) is 3.17. The zero-order chi connectivity index (χ0) is 22.1. The highest BCUT2D eigenvalue weighted by atomic mass is 35.5. The first-order chi connectivity index (χ1) is 14.9. The number of aryl methyl sites for hydroxylation is 1. The van der Waals surface area contributed by atoms with E-state index in [9.17, 15) is 14.7 Å². The number of furan rings is 1. The van der Waals surface area contributed by atoms with Gasteiger partial charge in [-0.1, -0.05) is 23.7 Å². The Labute approximate surface area is 181 Å². The van der Waals surface area contributed by atoms with Crippen LogP contribution < -0.4 is 10.9 Å². The number of rotatable bonds is 6. The van der Waals surface area contributed by atoms with Gasteiger partial charge in [-0.2, -0.15) is 0 Å². The van der Waals surface area contributed by atoms with E-state index < -0.39 is 24.2 Å². The highest BCUT2D eigenvalue weighted by Crippen LogP contribution is 2.35. The van der Waals surface area contributed by atoms with E-state index in [2.05, 4.69) is 5.32 Å². The lowest BCUT2D eigenvalue weighted by molar-refractivity contribution is -0.121. The zero-order valence-electron chi connectivity index (χ0n) is 16.6. The second-order valence-corrected chi connectivity index (χ2v) is 7.75. The highest BCUT2D eigenvalue weighted by molar-refractivity contribution is 6.30. The molecule has 3 N–H and O–H groups in total. The van der Waals surface area contributed by atoms with Gasteiger partial charge in [-0.05, 0) is 36.2 Å². The fourth-order valence-corrected chi connectivity index (χ4v) is 3.61. The molecule has 160 valence electrons. The van der Waals surface area contributed by atoms with E-state index in [1.165, 1.54) is 0 Å². The molecule has 0 aliphatic carbocycles. The van der Waals surface area contributed by atoms with E-state index >= 15 is 0 Å². The summed E-state index contributed by atoms with van der Waals surface area (Å²) < 4.78 is 11.1. The number of hydrogen-bond acceptors (Lipinski definition) is 6. The third kappa shape index (κ3) is 4.20. The second kappa shape index (κ2) is 8.55. The van der Waals surface area contributed by atoms with Crippen molar-refractivity contribution in [3.63, 3.8) is 0 Å². The number of amides is 1. The largest absolute Gasteiger partial charge is 0.464 e. The lowest BCUT2D eigenvalue weighted by Crippen LogP contribution is -2.35. The average molecular weight is 442 g/mol. The number of aliphatic hydroxyl groups excluding tert-OH is 2. The quantitative estimate of drug-likeness (QED) is 0.396. The maximum Gasteiger partial charge on any atom is 0.340 e. The monoisotopic (exact) mass is 441 g/mol. The highest BCUT2D eigenvalue weighted by Gasteiger charge is 2.18. The van der Waals surface area contributed by atoms with Gasteiger partial charge in [0, 0.05) is 34.0 Å². The van der Waals surface area contributed by atoms with Gasteiger partial charge in [0.15, 0.2) is 0 Å². The summed E-state index contributed by atoms with van der Waals surface area (Å²) in [7, 11) is 0. The third-order valence-corrected chi connectivity index (χ3v) is 5.47. The molecule has 4 rings (SSSR count). The van der Waals surface area contributed by atoms with Crippen LogP contribution in [0.2, 0.25) is 5.02 Å². The molecule has 4 aromatic rings. The van der Waals surface area contributed by atoms with Gasteiger partial charge in [-0.25, -0.2) is 4.79 Å². The first-order valence-corrected chi connectivity index (χ1v) is 10.0. The molecule has 0 aliphatic rings. The first-order valence-electron chi connectivity index (χ1n) is 9.66. The second-order valence-electron chi connectivity index (χ2n) is 7.31. The molecule has 7 nitrogen and oxygen atoms in total. The molecule has 0 bridgehead atoms. The van der Waals surface area contributed by atoms with Crippen LogP contribution in [0, 0.1) is 6.92 Å². The van der Waals surface area contributed by atoms with Gasteiger partial charge in [0.2, 0.25) is 5.91 Å². The minimum Gasteiger partial charge on any atom is -0.464 e. The smallest absolute Gasteiger partial charge is 0.340 e.